The van der Waals surface area contributed by atoms with E-state index in [0.29, 0.717) is 25.8 Å². The molecule has 0 aromatic heterocycles. The lowest BCUT2D eigenvalue weighted by molar-refractivity contribution is -0.139. The minimum atomic E-state index is -1.03. The molecule has 0 aromatic rings. The van der Waals surface area contributed by atoms with Gasteiger partial charge in [-0.1, -0.05) is 19.8 Å². The van der Waals surface area contributed by atoms with E-state index >= 15 is 0 Å². The van der Waals surface area contributed by atoms with Crippen LogP contribution >= 0.6 is 0 Å². The summed E-state index contributed by atoms with van der Waals surface area (Å²) < 4.78 is 0. The van der Waals surface area contributed by atoms with E-state index in [0.717, 1.165) is 12.8 Å². The number of aliphatic carboxylic acids is 2. The third-order valence-electron chi connectivity index (χ3n) is 2.49. The third kappa shape index (κ3) is 16.1. The molecule has 9 nitrogen and oxygen atoms in total. The lowest BCUT2D eigenvalue weighted by atomic mass is 10.1. The fourth-order valence-corrected chi connectivity index (χ4v) is 1.20. The molecule has 21 heavy (non-hydrogen) atoms. The van der Waals surface area contributed by atoms with Gasteiger partial charge in [0.15, 0.2) is 0 Å². The Hall–Kier alpha value is -1.87. The van der Waals surface area contributed by atoms with E-state index in [4.69, 9.17) is 27.4 Å². The molecular formula is C12H26N4O5. The van der Waals surface area contributed by atoms with Crippen LogP contribution in [0.5, 0.6) is 0 Å². The van der Waals surface area contributed by atoms with Crippen molar-refractivity contribution in [1.29, 1.82) is 0 Å². The van der Waals surface area contributed by atoms with Crippen molar-refractivity contribution in [1.82, 2.24) is 5.32 Å². The van der Waals surface area contributed by atoms with Crippen LogP contribution in [0.25, 0.3) is 0 Å². The van der Waals surface area contributed by atoms with E-state index in [2.05, 4.69) is 5.32 Å². The number of hydrogen-bond acceptors (Lipinski definition) is 5. The van der Waals surface area contributed by atoms with Crippen molar-refractivity contribution in [2.75, 3.05) is 6.54 Å². The molecule has 9 heteroatoms. The molecule has 0 heterocycles. The first kappa shape index (κ1) is 21.4. The van der Waals surface area contributed by atoms with Gasteiger partial charge in [0.05, 0.1) is 0 Å². The number of primary amides is 1. The first-order valence-corrected chi connectivity index (χ1v) is 6.72. The van der Waals surface area contributed by atoms with Gasteiger partial charge < -0.3 is 32.7 Å². The maximum Gasteiger partial charge on any atom is 0.320 e. The molecule has 0 saturated heterocycles. The minimum Gasteiger partial charge on any atom is -0.480 e. The summed E-state index contributed by atoms with van der Waals surface area (Å²) in [6, 6.07) is -2.14. The van der Waals surface area contributed by atoms with Crippen molar-refractivity contribution in [3.05, 3.63) is 0 Å². The second-order valence-electron chi connectivity index (χ2n) is 4.46. The van der Waals surface area contributed by atoms with Crippen LogP contribution in [0, 0.1) is 0 Å². The Balaban J connectivity index is 0. The van der Waals surface area contributed by atoms with E-state index < -0.39 is 30.1 Å². The number of urea groups is 1. The van der Waals surface area contributed by atoms with Crippen molar-refractivity contribution in [3.8, 4) is 0 Å². The van der Waals surface area contributed by atoms with E-state index in [1.165, 1.54) is 0 Å². The Morgan fingerprint density at radius 2 is 1.43 bits per heavy atom. The molecule has 124 valence electrons. The molecule has 0 bridgehead atoms. The summed E-state index contributed by atoms with van der Waals surface area (Å²) in [5.41, 5.74) is 15.2. The highest BCUT2D eigenvalue weighted by molar-refractivity contribution is 5.73. The zero-order chi connectivity index (χ0) is 16.8. The van der Waals surface area contributed by atoms with Crippen LogP contribution in [0.2, 0.25) is 0 Å². The maximum atomic E-state index is 10.2. The molecule has 0 aliphatic rings. The van der Waals surface area contributed by atoms with Gasteiger partial charge in [0.25, 0.3) is 0 Å². The monoisotopic (exact) mass is 306 g/mol. The summed E-state index contributed by atoms with van der Waals surface area (Å²) >= 11 is 0. The summed E-state index contributed by atoms with van der Waals surface area (Å²) in [5, 5.41) is 19.0. The summed E-state index contributed by atoms with van der Waals surface area (Å²) in [5.74, 6) is -1.93. The van der Waals surface area contributed by atoms with E-state index in [1.54, 1.807) is 0 Å². The number of nitrogens with one attached hydrogen (secondary N) is 1. The molecule has 0 unspecified atom stereocenters. The largest absolute Gasteiger partial charge is 0.480 e. The molecular weight excluding hydrogens is 280 g/mol. The lowest BCUT2D eigenvalue weighted by Gasteiger charge is -2.05. The highest BCUT2D eigenvalue weighted by atomic mass is 16.4. The number of hydrogen-bond donors (Lipinski definition) is 6. The van der Waals surface area contributed by atoms with Gasteiger partial charge in [0, 0.05) is 6.54 Å². The van der Waals surface area contributed by atoms with Gasteiger partial charge in [-0.05, 0) is 19.3 Å². The Morgan fingerprint density at radius 1 is 1.00 bits per heavy atom. The Morgan fingerprint density at radius 3 is 1.76 bits per heavy atom. The SMILES string of the molecule is CCCC[C@H](N)C(=O)O.NC(=O)NCCC[C@H](N)C(=O)O. The molecule has 0 fully saturated rings. The van der Waals surface area contributed by atoms with Crippen molar-refractivity contribution in [3.63, 3.8) is 0 Å². The normalized spacial score (nSPS) is 12.5. The Kier molecular flexibility index (Phi) is 13.4. The standard InChI is InChI=1S/C6H13N3O3.C6H13NO2/c7-4(5(10)11)2-1-3-9-6(8)12;1-2-3-4-5(7)6(8)9/h4H,1-3,7H2,(H,10,11)(H3,8,9,12);5H,2-4,7H2,1H3,(H,8,9)/t4-;5-/m00/s1. The summed E-state index contributed by atoms with van der Waals surface area (Å²) in [6.07, 6.45) is 3.33. The van der Waals surface area contributed by atoms with E-state index in [1.807, 2.05) is 6.92 Å². The predicted octanol–water partition coefficient (Wildman–Crippen LogP) is -0.565. The predicted molar refractivity (Wildman–Crippen MR) is 77.6 cm³/mol. The van der Waals surface area contributed by atoms with Gasteiger partial charge in [0.2, 0.25) is 0 Å². The number of carboxylic acid groups (broad SMARTS) is 2. The zero-order valence-electron chi connectivity index (χ0n) is 12.2. The van der Waals surface area contributed by atoms with Gasteiger partial charge in [-0.15, -0.1) is 0 Å². The molecule has 0 saturated carbocycles. The fraction of sp³-hybridized carbons (Fsp3) is 0.750. The third-order valence-corrected chi connectivity index (χ3v) is 2.49. The van der Waals surface area contributed by atoms with Crippen molar-refractivity contribution >= 4 is 18.0 Å². The van der Waals surface area contributed by atoms with Gasteiger partial charge in [-0.3, -0.25) is 9.59 Å². The van der Waals surface area contributed by atoms with Gasteiger partial charge in [-0.25, -0.2) is 4.79 Å². The average Bonchev–Trinajstić information content (AvgIpc) is 2.40. The molecule has 0 rings (SSSR count). The first-order valence-electron chi connectivity index (χ1n) is 6.72. The number of nitrogens with two attached hydrogens (primary N) is 3. The smallest absolute Gasteiger partial charge is 0.320 e. The minimum absolute atomic E-state index is 0.329. The summed E-state index contributed by atoms with van der Waals surface area (Å²) in [7, 11) is 0. The lowest BCUT2D eigenvalue weighted by Crippen LogP contribution is -2.33. The van der Waals surface area contributed by atoms with Crippen LogP contribution in [0.1, 0.15) is 39.0 Å². The number of amides is 2. The zero-order valence-corrected chi connectivity index (χ0v) is 12.2. The highest BCUT2D eigenvalue weighted by Gasteiger charge is 2.10. The van der Waals surface area contributed by atoms with Crippen LogP contribution < -0.4 is 22.5 Å². The fourth-order valence-electron chi connectivity index (χ4n) is 1.20. The molecule has 0 aromatic carbocycles. The number of carbonyl (C=O) groups is 3. The Labute approximate surface area is 123 Å². The number of carboxylic acids is 2. The average molecular weight is 306 g/mol. The molecule has 0 aliphatic carbocycles. The second kappa shape index (κ2) is 13.1. The molecule has 0 aliphatic heterocycles. The molecule has 0 radical (unpaired) electrons. The van der Waals surface area contributed by atoms with Crippen molar-refractivity contribution in [2.24, 2.45) is 17.2 Å². The molecule has 9 N–H and O–H groups in total. The van der Waals surface area contributed by atoms with Gasteiger partial charge in [0.1, 0.15) is 12.1 Å². The first-order chi connectivity index (χ1) is 9.72. The summed E-state index contributed by atoms with van der Waals surface area (Å²) in [4.78, 5) is 30.4. The van der Waals surface area contributed by atoms with E-state index in [9.17, 15) is 14.4 Å². The van der Waals surface area contributed by atoms with Crippen LogP contribution in [0.4, 0.5) is 4.79 Å². The molecule has 0 spiro atoms. The van der Waals surface area contributed by atoms with E-state index in [-0.39, 0.29) is 0 Å². The van der Waals surface area contributed by atoms with Crippen molar-refractivity contribution < 1.29 is 24.6 Å². The number of carbonyl (C=O) groups excluding carboxylic acids is 1. The quantitative estimate of drug-likeness (QED) is 0.308. The highest BCUT2D eigenvalue weighted by Crippen LogP contribution is 1.97. The number of rotatable bonds is 9. The van der Waals surface area contributed by atoms with Gasteiger partial charge in [-0.2, -0.15) is 0 Å². The van der Waals surface area contributed by atoms with Crippen LogP contribution in [-0.2, 0) is 9.59 Å². The van der Waals surface area contributed by atoms with Crippen LogP contribution in [-0.4, -0.2) is 46.8 Å². The van der Waals surface area contributed by atoms with Gasteiger partial charge >= 0.3 is 18.0 Å². The van der Waals surface area contributed by atoms with Crippen LogP contribution in [0.3, 0.4) is 0 Å². The molecule has 2 atom stereocenters. The van der Waals surface area contributed by atoms with Crippen molar-refractivity contribution in [2.45, 2.75) is 51.1 Å². The topological polar surface area (TPSA) is 182 Å². The van der Waals surface area contributed by atoms with Crippen LogP contribution in [0.15, 0.2) is 0 Å². The molecule has 2 amide bonds. The summed E-state index contributed by atoms with van der Waals surface area (Å²) in [6.45, 7) is 2.37. The Bertz CT molecular complexity index is 325. The second-order valence-corrected chi connectivity index (χ2v) is 4.46. The maximum absolute atomic E-state index is 10.2. The number of unbranched alkanes of at least 4 members (excludes halogenated alkanes) is 1.